The number of hydrogen-bond acceptors (Lipinski definition) is 2. The Kier molecular flexibility index (Phi) is 2.27. The van der Waals surface area contributed by atoms with Gasteiger partial charge in [0.25, 0.3) is 0 Å². The van der Waals surface area contributed by atoms with Crippen molar-refractivity contribution in [3.05, 3.63) is 0 Å². The third kappa shape index (κ3) is 2.33. The van der Waals surface area contributed by atoms with Crippen LogP contribution in [0.2, 0.25) is 0 Å². The fourth-order valence-electron chi connectivity index (χ4n) is 1.21. The lowest BCUT2D eigenvalue weighted by atomic mass is 10.00. The summed E-state index contributed by atoms with van der Waals surface area (Å²) in [5.41, 5.74) is 0. The van der Waals surface area contributed by atoms with Crippen molar-refractivity contribution in [2.45, 2.75) is 26.2 Å². The Morgan fingerprint density at radius 2 is 2.09 bits per heavy atom. The van der Waals surface area contributed by atoms with Crippen LogP contribution in [0.4, 0.5) is 0 Å². The first-order valence-corrected chi connectivity index (χ1v) is 3.87. The summed E-state index contributed by atoms with van der Waals surface area (Å²) >= 11 is 0. The van der Waals surface area contributed by atoms with E-state index < -0.39 is 11.8 Å². The van der Waals surface area contributed by atoms with Crippen LogP contribution in [-0.2, 0) is 9.59 Å². The summed E-state index contributed by atoms with van der Waals surface area (Å²) in [6.45, 7) is 1.94. The van der Waals surface area contributed by atoms with Crippen LogP contribution in [0.1, 0.15) is 26.2 Å². The number of carbonyl (C=O) groups excluding carboxylic acids is 1. The first-order valence-electron chi connectivity index (χ1n) is 3.87. The topological polar surface area (TPSA) is 54.4 Å². The fourth-order valence-corrected chi connectivity index (χ4v) is 1.21. The SMILES string of the molecule is CC(CC(=O)C(=O)O)C1CC1. The van der Waals surface area contributed by atoms with E-state index in [1.54, 1.807) is 0 Å². The van der Waals surface area contributed by atoms with Gasteiger partial charge < -0.3 is 5.11 Å². The quantitative estimate of drug-likeness (QED) is 0.619. The number of carboxylic acids is 1. The van der Waals surface area contributed by atoms with Gasteiger partial charge in [0.15, 0.2) is 0 Å². The van der Waals surface area contributed by atoms with E-state index in [1.807, 2.05) is 6.92 Å². The molecular weight excluding hydrogens is 144 g/mol. The monoisotopic (exact) mass is 156 g/mol. The molecule has 0 spiro atoms. The molecule has 0 saturated heterocycles. The van der Waals surface area contributed by atoms with Gasteiger partial charge in [-0.15, -0.1) is 0 Å². The summed E-state index contributed by atoms with van der Waals surface area (Å²) in [4.78, 5) is 20.8. The molecule has 62 valence electrons. The second kappa shape index (κ2) is 3.03. The Labute approximate surface area is 65.4 Å². The largest absolute Gasteiger partial charge is 0.476 e. The van der Waals surface area contributed by atoms with Gasteiger partial charge in [0.05, 0.1) is 0 Å². The minimum atomic E-state index is -1.29. The van der Waals surface area contributed by atoms with Crippen molar-refractivity contribution >= 4 is 11.8 Å². The van der Waals surface area contributed by atoms with Crippen LogP contribution < -0.4 is 0 Å². The van der Waals surface area contributed by atoms with Crippen LogP contribution in [0.5, 0.6) is 0 Å². The van der Waals surface area contributed by atoms with Crippen molar-refractivity contribution in [1.29, 1.82) is 0 Å². The Morgan fingerprint density at radius 1 is 1.55 bits per heavy atom. The van der Waals surface area contributed by atoms with Crippen molar-refractivity contribution in [1.82, 2.24) is 0 Å². The van der Waals surface area contributed by atoms with E-state index in [9.17, 15) is 9.59 Å². The van der Waals surface area contributed by atoms with E-state index in [-0.39, 0.29) is 12.3 Å². The average Bonchev–Trinajstić information content (AvgIpc) is 2.67. The molecule has 0 aromatic carbocycles. The van der Waals surface area contributed by atoms with E-state index in [2.05, 4.69) is 0 Å². The molecule has 0 bridgehead atoms. The van der Waals surface area contributed by atoms with E-state index in [0.29, 0.717) is 5.92 Å². The van der Waals surface area contributed by atoms with Crippen molar-refractivity contribution in [3.8, 4) is 0 Å². The highest BCUT2D eigenvalue weighted by Gasteiger charge is 2.30. The standard InChI is InChI=1S/C8H12O3/c1-5(6-2-3-6)4-7(9)8(10)11/h5-6H,2-4H2,1H3,(H,10,11). The summed E-state index contributed by atoms with van der Waals surface area (Å²) in [6, 6.07) is 0. The molecule has 0 heterocycles. The van der Waals surface area contributed by atoms with Crippen molar-refractivity contribution in [3.63, 3.8) is 0 Å². The summed E-state index contributed by atoms with van der Waals surface area (Å²) < 4.78 is 0. The van der Waals surface area contributed by atoms with Gasteiger partial charge in [0.2, 0.25) is 5.78 Å². The molecule has 1 aliphatic carbocycles. The molecule has 0 aliphatic heterocycles. The van der Waals surface area contributed by atoms with Crippen LogP contribution in [-0.4, -0.2) is 16.9 Å². The summed E-state index contributed by atoms with van der Waals surface area (Å²) in [7, 11) is 0. The maximum atomic E-state index is 10.7. The molecule has 0 aromatic heterocycles. The van der Waals surface area contributed by atoms with Crippen LogP contribution in [0.25, 0.3) is 0 Å². The maximum Gasteiger partial charge on any atom is 0.372 e. The van der Waals surface area contributed by atoms with Crippen molar-refractivity contribution in [2.75, 3.05) is 0 Å². The van der Waals surface area contributed by atoms with Crippen LogP contribution in [0.3, 0.4) is 0 Å². The highest BCUT2D eigenvalue weighted by Crippen LogP contribution is 2.38. The molecule has 1 N–H and O–H groups in total. The number of carboxylic acid groups (broad SMARTS) is 1. The molecule has 0 aromatic rings. The zero-order chi connectivity index (χ0) is 8.43. The number of Topliss-reactive ketones (excluding diaryl/α,β-unsaturated/α-hetero) is 1. The molecule has 1 atom stereocenters. The number of ketones is 1. The van der Waals surface area contributed by atoms with Gasteiger partial charge in [-0.1, -0.05) is 6.92 Å². The van der Waals surface area contributed by atoms with Gasteiger partial charge in [0, 0.05) is 6.42 Å². The van der Waals surface area contributed by atoms with Gasteiger partial charge in [-0.2, -0.15) is 0 Å². The van der Waals surface area contributed by atoms with Gasteiger partial charge in [0.1, 0.15) is 0 Å². The number of aliphatic carboxylic acids is 1. The summed E-state index contributed by atoms with van der Waals surface area (Å²) in [5.74, 6) is -1.07. The van der Waals surface area contributed by atoms with E-state index in [0.717, 1.165) is 12.8 Å². The molecule has 1 saturated carbocycles. The fraction of sp³-hybridized carbons (Fsp3) is 0.750. The van der Waals surface area contributed by atoms with E-state index in [1.165, 1.54) is 0 Å². The number of rotatable bonds is 4. The Hall–Kier alpha value is -0.860. The lowest BCUT2D eigenvalue weighted by Gasteiger charge is -2.04. The van der Waals surface area contributed by atoms with Crippen molar-refractivity contribution in [2.24, 2.45) is 11.8 Å². The second-order valence-electron chi connectivity index (χ2n) is 3.25. The van der Waals surface area contributed by atoms with Crippen LogP contribution in [0.15, 0.2) is 0 Å². The smallest absolute Gasteiger partial charge is 0.372 e. The van der Waals surface area contributed by atoms with Gasteiger partial charge in [-0.05, 0) is 24.7 Å². The molecule has 1 fully saturated rings. The van der Waals surface area contributed by atoms with Crippen LogP contribution in [0, 0.1) is 11.8 Å². The van der Waals surface area contributed by atoms with Gasteiger partial charge in [-0.25, -0.2) is 4.79 Å². The van der Waals surface area contributed by atoms with Crippen LogP contribution >= 0.6 is 0 Å². The minimum Gasteiger partial charge on any atom is -0.476 e. The molecule has 1 aliphatic rings. The summed E-state index contributed by atoms with van der Waals surface area (Å²) in [6.07, 6.45) is 2.53. The molecule has 11 heavy (non-hydrogen) atoms. The molecule has 1 unspecified atom stereocenters. The minimum absolute atomic E-state index is 0.208. The molecular formula is C8H12O3. The predicted molar refractivity (Wildman–Crippen MR) is 39.1 cm³/mol. The van der Waals surface area contributed by atoms with Gasteiger partial charge in [-0.3, -0.25) is 4.79 Å². The number of hydrogen-bond donors (Lipinski definition) is 1. The zero-order valence-electron chi connectivity index (χ0n) is 6.54. The maximum absolute atomic E-state index is 10.7. The average molecular weight is 156 g/mol. The third-order valence-corrected chi connectivity index (χ3v) is 2.17. The molecule has 3 nitrogen and oxygen atoms in total. The molecule has 0 amide bonds. The lowest BCUT2D eigenvalue weighted by Crippen LogP contribution is -2.16. The Balaban J connectivity index is 2.28. The predicted octanol–water partition coefficient (Wildman–Crippen LogP) is 1.08. The Morgan fingerprint density at radius 3 is 2.45 bits per heavy atom. The van der Waals surface area contributed by atoms with Gasteiger partial charge >= 0.3 is 5.97 Å². The highest BCUT2D eigenvalue weighted by molar-refractivity contribution is 6.32. The summed E-state index contributed by atoms with van der Waals surface area (Å²) in [5, 5.41) is 8.28. The first-order chi connectivity index (χ1) is 5.11. The van der Waals surface area contributed by atoms with E-state index in [4.69, 9.17) is 5.11 Å². The van der Waals surface area contributed by atoms with E-state index >= 15 is 0 Å². The second-order valence-corrected chi connectivity index (χ2v) is 3.25. The third-order valence-electron chi connectivity index (χ3n) is 2.17. The first kappa shape index (κ1) is 8.24. The highest BCUT2D eigenvalue weighted by atomic mass is 16.4. The molecule has 3 heteroatoms. The zero-order valence-corrected chi connectivity index (χ0v) is 6.54. The molecule has 0 radical (unpaired) electrons. The van der Waals surface area contributed by atoms with Crippen molar-refractivity contribution < 1.29 is 14.7 Å². The molecule has 1 rings (SSSR count). The number of carbonyl (C=O) groups is 2. The normalized spacial score (nSPS) is 19.4. The lowest BCUT2D eigenvalue weighted by molar-refractivity contribution is -0.149. The Bertz CT molecular complexity index is 182.